The van der Waals surface area contributed by atoms with Crippen LogP contribution in [0.5, 0.6) is 5.75 Å². The van der Waals surface area contributed by atoms with E-state index in [1.807, 2.05) is 0 Å². The van der Waals surface area contributed by atoms with E-state index < -0.39 is 0 Å². The summed E-state index contributed by atoms with van der Waals surface area (Å²) in [6.07, 6.45) is 0. The second-order valence-electron chi connectivity index (χ2n) is 5.83. The number of imide groups is 1. The van der Waals surface area contributed by atoms with Crippen LogP contribution >= 0.6 is 0 Å². The van der Waals surface area contributed by atoms with Crippen LogP contribution in [0.1, 0.15) is 32.2 Å². The summed E-state index contributed by atoms with van der Waals surface area (Å²) in [6, 6.07) is 13.4. The van der Waals surface area contributed by atoms with Crippen LogP contribution in [-0.4, -0.2) is 41.1 Å². The fourth-order valence-corrected chi connectivity index (χ4v) is 3.35. The zero-order valence-corrected chi connectivity index (χ0v) is 12.3. The van der Waals surface area contributed by atoms with Gasteiger partial charge in [0.05, 0.1) is 30.4 Å². The number of fused-ring (bicyclic) bond motifs is 1. The van der Waals surface area contributed by atoms with Crippen molar-refractivity contribution >= 4 is 11.8 Å². The second kappa shape index (κ2) is 5.21. The van der Waals surface area contributed by atoms with Gasteiger partial charge in [-0.05, 0) is 29.8 Å². The Kier molecular flexibility index (Phi) is 3.16. The van der Waals surface area contributed by atoms with Crippen LogP contribution < -0.4 is 0 Å². The molecule has 2 atom stereocenters. The number of benzene rings is 2. The molecule has 0 aliphatic carbocycles. The smallest absolute Gasteiger partial charge is 0.261 e. The number of phenols is 1. The van der Waals surface area contributed by atoms with E-state index in [-0.39, 0.29) is 29.5 Å². The van der Waals surface area contributed by atoms with Gasteiger partial charge in [-0.2, -0.15) is 0 Å². The highest BCUT2D eigenvalue weighted by atomic mass is 16.5. The molecule has 0 unspecified atom stereocenters. The standard InChI is InChI=1S/C18H15NO4/c20-12-7-5-11(6-8-12)15-9-23-10-16(15)19-17(21)13-3-1-2-4-14(13)18(19)22/h1-8,15-16,20H,9-10H2/t15-,16-/m1/s1. The summed E-state index contributed by atoms with van der Waals surface area (Å²) < 4.78 is 5.55. The topological polar surface area (TPSA) is 66.8 Å². The van der Waals surface area contributed by atoms with E-state index in [2.05, 4.69) is 0 Å². The maximum absolute atomic E-state index is 12.6. The number of aromatic hydroxyl groups is 1. The molecule has 0 spiro atoms. The SMILES string of the molecule is O=C1c2ccccc2C(=O)N1[C@@H]1COC[C@@H]1c1ccc(O)cc1. The highest BCUT2D eigenvalue weighted by Gasteiger charge is 2.45. The zero-order chi connectivity index (χ0) is 16.0. The first-order chi connectivity index (χ1) is 11.2. The van der Waals surface area contributed by atoms with Crippen molar-refractivity contribution < 1.29 is 19.4 Å². The number of phenolic OH excluding ortho intramolecular Hbond substituents is 1. The summed E-state index contributed by atoms with van der Waals surface area (Å²) in [5, 5.41) is 9.43. The lowest BCUT2D eigenvalue weighted by atomic mass is 9.93. The van der Waals surface area contributed by atoms with E-state index in [0.717, 1.165) is 5.56 Å². The molecule has 2 aromatic rings. The largest absolute Gasteiger partial charge is 0.508 e. The van der Waals surface area contributed by atoms with E-state index in [9.17, 15) is 14.7 Å². The Bertz CT molecular complexity index is 749. The Morgan fingerprint density at radius 1 is 0.913 bits per heavy atom. The number of amides is 2. The van der Waals surface area contributed by atoms with E-state index >= 15 is 0 Å². The molecule has 5 nitrogen and oxygen atoms in total. The molecule has 0 aromatic heterocycles. The molecule has 2 heterocycles. The fraction of sp³-hybridized carbons (Fsp3) is 0.222. The third kappa shape index (κ3) is 2.12. The van der Waals surface area contributed by atoms with Crippen molar-refractivity contribution in [2.24, 2.45) is 0 Å². The first-order valence-corrected chi connectivity index (χ1v) is 7.50. The van der Waals surface area contributed by atoms with Gasteiger partial charge in [0.2, 0.25) is 0 Å². The number of hydrogen-bond donors (Lipinski definition) is 1. The average Bonchev–Trinajstić information content (AvgIpc) is 3.13. The van der Waals surface area contributed by atoms with E-state index in [0.29, 0.717) is 24.3 Å². The molecule has 1 saturated heterocycles. The second-order valence-corrected chi connectivity index (χ2v) is 5.83. The number of carbonyl (C=O) groups is 2. The van der Waals surface area contributed by atoms with Crippen molar-refractivity contribution in [2.45, 2.75) is 12.0 Å². The number of rotatable bonds is 2. The lowest BCUT2D eigenvalue weighted by molar-refractivity contribution is 0.0558. The minimum Gasteiger partial charge on any atom is -0.508 e. The third-order valence-corrected chi connectivity index (χ3v) is 4.53. The van der Waals surface area contributed by atoms with Gasteiger partial charge in [-0.25, -0.2) is 0 Å². The highest BCUT2D eigenvalue weighted by molar-refractivity contribution is 6.21. The van der Waals surface area contributed by atoms with Gasteiger partial charge in [0.15, 0.2) is 0 Å². The molecule has 4 rings (SSSR count). The predicted octanol–water partition coefficient (Wildman–Crippen LogP) is 2.17. The van der Waals surface area contributed by atoms with Gasteiger partial charge in [0.1, 0.15) is 5.75 Å². The van der Waals surface area contributed by atoms with Crippen molar-refractivity contribution in [1.82, 2.24) is 4.90 Å². The molecular formula is C18H15NO4. The van der Waals surface area contributed by atoms with Gasteiger partial charge in [-0.3, -0.25) is 14.5 Å². The zero-order valence-electron chi connectivity index (χ0n) is 12.3. The van der Waals surface area contributed by atoms with Crippen molar-refractivity contribution in [3.63, 3.8) is 0 Å². The van der Waals surface area contributed by atoms with Crippen molar-refractivity contribution in [3.05, 3.63) is 65.2 Å². The van der Waals surface area contributed by atoms with Crippen LogP contribution in [0.15, 0.2) is 48.5 Å². The van der Waals surface area contributed by atoms with Gasteiger partial charge in [0.25, 0.3) is 11.8 Å². The van der Waals surface area contributed by atoms with Crippen LogP contribution in [0.4, 0.5) is 0 Å². The lowest BCUT2D eigenvalue weighted by Crippen LogP contribution is -2.43. The normalized spacial score (nSPS) is 23.4. The van der Waals surface area contributed by atoms with Crippen molar-refractivity contribution in [2.75, 3.05) is 13.2 Å². The van der Waals surface area contributed by atoms with Crippen LogP contribution in [0.25, 0.3) is 0 Å². The average molecular weight is 309 g/mol. The first-order valence-electron chi connectivity index (χ1n) is 7.50. The molecule has 0 saturated carbocycles. The fourth-order valence-electron chi connectivity index (χ4n) is 3.35. The number of carbonyl (C=O) groups excluding carboxylic acids is 2. The van der Waals surface area contributed by atoms with Gasteiger partial charge >= 0.3 is 0 Å². The Morgan fingerprint density at radius 3 is 2.13 bits per heavy atom. The predicted molar refractivity (Wildman–Crippen MR) is 82.4 cm³/mol. The first kappa shape index (κ1) is 14.0. The number of ether oxygens (including phenoxy) is 1. The number of hydrogen-bond acceptors (Lipinski definition) is 4. The summed E-state index contributed by atoms with van der Waals surface area (Å²) in [5.74, 6) is -0.419. The summed E-state index contributed by atoms with van der Waals surface area (Å²) in [4.78, 5) is 26.6. The summed E-state index contributed by atoms with van der Waals surface area (Å²) >= 11 is 0. The summed E-state index contributed by atoms with van der Waals surface area (Å²) in [6.45, 7) is 0.778. The molecule has 2 aliphatic rings. The monoisotopic (exact) mass is 309 g/mol. The molecule has 5 heteroatoms. The third-order valence-electron chi connectivity index (χ3n) is 4.53. The van der Waals surface area contributed by atoms with Crippen LogP contribution in [0, 0.1) is 0 Å². The molecule has 2 aromatic carbocycles. The molecule has 23 heavy (non-hydrogen) atoms. The van der Waals surface area contributed by atoms with Crippen LogP contribution in [-0.2, 0) is 4.74 Å². The molecular weight excluding hydrogens is 294 g/mol. The minimum absolute atomic E-state index is 0.0854. The highest BCUT2D eigenvalue weighted by Crippen LogP contribution is 2.35. The molecule has 1 fully saturated rings. The van der Waals surface area contributed by atoms with Gasteiger partial charge in [-0.15, -0.1) is 0 Å². The van der Waals surface area contributed by atoms with E-state index in [1.165, 1.54) is 4.90 Å². The summed E-state index contributed by atoms with van der Waals surface area (Å²) in [5.41, 5.74) is 1.85. The van der Waals surface area contributed by atoms with Crippen molar-refractivity contribution in [1.29, 1.82) is 0 Å². The molecule has 0 bridgehead atoms. The Balaban J connectivity index is 1.69. The number of nitrogens with zero attached hydrogens (tertiary/aromatic N) is 1. The van der Waals surface area contributed by atoms with Crippen molar-refractivity contribution in [3.8, 4) is 5.75 Å². The molecule has 2 amide bonds. The maximum atomic E-state index is 12.6. The molecule has 1 N–H and O–H groups in total. The Morgan fingerprint density at radius 2 is 1.52 bits per heavy atom. The van der Waals surface area contributed by atoms with Gasteiger partial charge in [0, 0.05) is 5.92 Å². The van der Waals surface area contributed by atoms with E-state index in [1.54, 1.807) is 48.5 Å². The van der Waals surface area contributed by atoms with Crippen LogP contribution in [0.2, 0.25) is 0 Å². The quantitative estimate of drug-likeness (QED) is 0.863. The molecule has 2 aliphatic heterocycles. The maximum Gasteiger partial charge on any atom is 0.261 e. The Hall–Kier alpha value is -2.66. The van der Waals surface area contributed by atoms with E-state index in [4.69, 9.17) is 4.74 Å². The van der Waals surface area contributed by atoms with Gasteiger partial charge < -0.3 is 9.84 Å². The van der Waals surface area contributed by atoms with Crippen LogP contribution in [0.3, 0.4) is 0 Å². The minimum atomic E-state index is -0.327. The van der Waals surface area contributed by atoms with Gasteiger partial charge in [-0.1, -0.05) is 24.3 Å². The molecule has 116 valence electrons. The molecule has 0 radical (unpaired) electrons. The Labute approximate surface area is 133 Å². The summed E-state index contributed by atoms with van der Waals surface area (Å²) in [7, 11) is 0. The lowest BCUT2D eigenvalue weighted by Gasteiger charge is -2.26.